The number of fused-ring (bicyclic) bond motifs is 4. The van der Waals surface area contributed by atoms with Gasteiger partial charge in [0.15, 0.2) is 0 Å². The van der Waals surface area contributed by atoms with E-state index in [-0.39, 0.29) is 12.3 Å². The molecule has 0 radical (unpaired) electrons. The monoisotopic (exact) mass is 676 g/mol. The lowest BCUT2D eigenvalue weighted by Gasteiger charge is -2.47. The van der Waals surface area contributed by atoms with Crippen molar-refractivity contribution in [3.8, 4) is 34.0 Å². The summed E-state index contributed by atoms with van der Waals surface area (Å²) in [6.07, 6.45) is 3.66. The Balaban J connectivity index is 1.07. The molecule has 0 bridgehead atoms. The third kappa shape index (κ3) is 3.55. The fourth-order valence-corrected chi connectivity index (χ4v) is 10.2. The number of likely N-dealkylation sites (N-methyl/N-ethyl adjacent to an activating group) is 2. The molecule has 0 amide bonds. The Morgan fingerprint density at radius 2 is 0.923 bits per heavy atom. The van der Waals surface area contributed by atoms with Crippen molar-refractivity contribution in [2.45, 2.75) is 31.6 Å². The minimum atomic E-state index is -0.451. The second-order valence-corrected chi connectivity index (χ2v) is 14.4. The quantitative estimate of drug-likeness (QED) is 0.185. The van der Waals surface area contributed by atoms with Crippen molar-refractivity contribution in [2.24, 2.45) is 0 Å². The molecular formula is C45H36N6O. The molecule has 2 unspecified atom stereocenters. The minimum Gasteiger partial charge on any atom is -0.457 e. The van der Waals surface area contributed by atoms with E-state index in [0.717, 1.165) is 34.0 Å². The Bertz CT molecular complexity index is 2330. The number of aromatic nitrogens is 2. The Morgan fingerprint density at radius 3 is 1.33 bits per heavy atom. The average Bonchev–Trinajstić information content (AvgIpc) is 3.85. The number of rotatable bonds is 4. The molecule has 7 nitrogen and oxygen atoms in total. The molecule has 0 fully saturated rings. The summed E-state index contributed by atoms with van der Waals surface area (Å²) in [5.41, 5.74) is 16.1. The van der Waals surface area contributed by atoms with Crippen LogP contribution in [0.3, 0.4) is 0 Å². The van der Waals surface area contributed by atoms with Gasteiger partial charge >= 0.3 is 0 Å². The van der Waals surface area contributed by atoms with E-state index >= 15 is 0 Å². The van der Waals surface area contributed by atoms with Gasteiger partial charge in [0.1, 0.15) is 29.2 Å². The first-order valence-electron chi connectivity index (χ1n) is 17.9. The first-order chi connectivity index (χ1) is 25.5. The number of hydrogen-bond acceptors (Lipinski definition) is 7. The average molecular weight is 677 g/mol. The molecular weight excluding hydrogens is 641 g/mol. The standard InChI is InChI=1S/C45H36N6O/c1-27-41(31-21-17-29(18-22-31)33-11-5-7-25-46-33)48(3)43-45-39-35(50(27)43)13-9-15-37(39)52-38-16-10-14-36(40(38)45)51-28(2)42(49(4)44(45)51)32-23-19-30(20-24-32)34-12-6-8-26-47-34/h5-26,43-44H,1-4H3. The summed E-state index contributed by atoms with van der Waals surface area (Å²) in [6, 6.07) is 43.1. The van der Waals surface area contributed by atoms with Gasteiger partial charge in [-0.1, -0.05) is 72.8 Å². The van der Waals surface area contributed by atoms with Crippen molar-refractivity contribution in [1.82, 2.24) is 19.8 Å². The maximum absolute atomic E-state index is 6.83. The number of benzene rings is 4. The van der Waals surface area contributed by atoms with Crippen LogP contribution in [0, 0.1) is 0 Å². The first-order valence-corrected chi connectivity index (χ1v) is 17.9. The summed E-state index contributed by atoms with van der Waals surface area (Å²) in [4.78, 5) is 19.4. The van der Waals surface area contributed by atoms with E-state index < -0.39 is 5.41 Å². The van der Waals surface area contributed by atoms with E-state index in [9.17, 15) is 0 Å². The number of allylic oxidation sites excluding steroid dienone is 2. The second-order valence-electron chi connectivity index (χ2n) is 14.4. The summed E-state index contributed by atoms with van der Waals surface area (Å²) in [6.45, 7) is 4.56. The molecule has 4 aromatic carbocycles. The summed E-state index contributed by atoms with van der Waals surface area (Å²) in [5.74, 6) is 1.89. The van der Waals surface area contributed by atoms with Gasteiger partial charge in [0.05, 0.1) is 34.2 Å². The van der Waals surface area contributed by atoms with E-state index in [4.69, 9.17) is 4.74 Å². The van der Waals surface area contributed by atoms with Crippen LogP contribution in [-0.4, -0.2) is 46.2 Å². The van der Waals surface area contributed by atoms with Gasteiger partial charge in [-0.15, -0.1) is 0 Å². The predicted molar refractivity (Wildman–Crippen MR) is 206 cm³/mol. The molecule has 7 heteroatoms. The summed E-state index contributed by atoms with van der Waals surface area (Å²) in [7, 11) is 4.56. The molecule has 1 spiro atoms. The molecule has 2 aromatic heterocycles. The van der Waals surface area contributed by atoms with Crippen LogP contribution in [0.5, 0.6) is 11.5 Å². The number of anilines is 2. The molecule has 2 atom stereocenters. The van der Waals surface area contributed by atoms with Crippen LogP contribution in [0.1, 0.15) is 36.1 Å². The van der Waals surface area contributed by atoms with Crippen LogP contribution in [-0.2, 0) is 5.41 Å². The maximum atomic E-state index is 6.83. The zero-order valence-corrected chi connectivity index (χ0v) is 29.4. The summed E-state index contributed by atoms with van der Waals surface area (Å²) < 4.78 is 6.83. The van der Waals surface area contributed by atoms with Gasteiger partial charge < -0.3 is 24.3 Å². The van der Waals surface area contributed by atoms with Crippen molar-refractivity contribution in [2.75, 3.05) is 23.9 Å². The van der Waals surface area contributed by atoms with Crippen LogP contribution in [0.15, 0.2) is 145 Å². The van der Waals surface area contributed by atoms with Gasteiger partial charge in [0.2, 0.25) is 0 Å². The topological polar surface area (TPSA) is 48.0 Å². The minimum absolute atomic E-state index is 0.0194. The Hall–Kier alpha value is -6.34. The summed E-state index contributed by atoms with van der Waals surface area (Å²) >= 11 is 0. The van der Waals surface area contributed by atoms with E-state index in [0.29, 0.717) is 0 Å². The molecule has 52 heavy (non-hydrogen) atoms. The lowest BCUT2D eigenvalue weighted by atomic mass is 9.70. The van der Waals surface area contributed by atoms with E-state index in [1.54, 1.807) is 0 Å². The number of pyridine rings is 2. The van der Waals surface area contributed by atoms with Gasteiger partial charge in [0.25, 0.3) is 0 Å². The Labute approximate surface area is 303 Å². The molecule has 5 aliphatic heterocycles. The number of hydrogen-bond donors (Lipinski definition) is 0. The molecule has 11 rings (SSSR count). The van der Waals surface area contributed by atoms with Crippen LogP contribution in [0.25, 0.3) is 33.9 Å². The largest absolute Gasteiger partial charge is 0.457 e. The lowest BCUT2D eigenvalue weighted by molar-refractivity contribution is 0.176. The third-order valence-corrected chi connectivity index (χ3v) is 12.0. The van der Waals surface area contributed by atoms with Crippen LogP contribution < -0.4 is 14.5 Å². The van der Waals surface area contributed by atoms with E-state index in [1.807, 2.05) is 36.7 Å². The molecule has 0 N–H and O–H groups in total. The Kier molecular flexibility index (Phi) is 5.86. The fourth-order valence-electron chi connectivity index (χ4n) is 10.2. The molecule has 0 saturated carbocycles. The zero-order valence-electron chi connectivity index (χ0n) is 29.4. The van der Waals surface area contributed by atoms with E-state index in [2.05, 4.69) is 155 Å². The van der Waals surface area contributed by atoms with Gasteiger partial charge in [-0.05, 0) is 73.5 Å². The van der Waals surface area contributed by atoms with Crippen molar-refractivity contribution >= 4 is 22.8 Å². The van der Waals surface area contributed by atoms with Crippen molar-refractivity contribution < 1.29 is 4.74 Å². The molecule has 252 valence electrons. The molecule has 0 aliphatic carbocycles. The highest BCUT2D eigenvalue weighted by atomic mass is 16.5. The normalized spacial score (nSPS) is 21.8. The van der Waals surface area contributed by atoms with Crippen LogP contribution in [0.2, 0.25) is 0 Å². The van der Waals surface area contributed by atoms with Gasteiger partial charge in [-0.2, -0.15) is 0 Å². The van der Waals surface area contributed by atoms with Gasteiger partial charge in [-0.3, -0.25) is 9.97 Å². The SMILES string of the molecule is CC1=C(c2ccc(-c3ccccn3)cc2)N(C)C2N1c1cccc3c1C21c2c(cccc2N2C(C)=C(c4ccc(-c5ccccn5)cc4)N(C)C21)O3. The predicted octanol–water partition coefficient (Wildman–Crippen LogP) is 9.16. The second kappa shape index (κ2) is 10.4. The van der Waals surface area contributed by atoms with Gasteiger partial charge in [-0.25, -0.2) is 0 Å². The van der Waals surface area contributed by atoms with Crippen molar-refractivity contribution in [1.29, 1.82) is 0 Å². The first kappa shape index (κ1) is 29.4. The molecule has 0 saturated heterocycles. The highest BCUT2D eigenvalue weighted by Crippen LogP contribution is 2.71. The highest BCUT2D eigenvalue weighted by molar-refractivity contribution is 5.93. The number of ether oxygens (including phenoxy) is 1. The van der Waals surface area contributed by atoms with Crippen LogP contribution >= 0.6 is 0 Å². The molecule has 5 aliphatic rings. The highest BCUT2D eigenvalue weighted by Gasteiger charge is 2.72. The molecule has 6 aromatic rings. The zero-order chi connectivity index (χ0) is 34.9. The maximum Gasteiger partial charge on any atom is 0.133 e. The van der Waals surface area contributed by atoms with Crippen LogP contribution in [0.4, 0.5) is 11.4 Å². The smallest absolute Gasteiger partial charge is 0.133 e. The lowest BCUT2D eigenvalue weighted by Crippen LogP contribution is -2.60. The van der Waals surface area contributed by atoms with Crippen molar-refractivity contribution in [3.63, 3.8) is 0 Å². The summed E-state index contributed by atoms with van der Waals surface area (Å²) in [5, 5.41) is 0. The third-order valence-electron chi connectivity index (χ3n) is 12.0. The Morgan fingerprint density at radius 1 is 0.500 bits per heavy atom. The van der Waals surface area contributed by atoms with E-state index in [1.165, 1.54) is 56.4 Å². The number of nitrogens with zero attached hydrogens (tertiary/aromatic N) is 6. The van der Waals surface area contributed by atoms with Crippen molar-refractivity contribution in [3.05, 3.63) is 167 Å². The fraction of sp³-hybridized carbons (Fsp3) is 0.156. The van der Waals surface area contributed by atoms with Gasteiger partial charge in [0, 0.05) is 60.1 Å². The molecule has 7 heterocycles.